The molecule has 66 valence electrons. The van der Waals surface area contributed by atoms with E-state index in [-0.39, 0.29) is 18.0 Å². The molecule has 2 nitrogen and oxygen atoms in total. The first-order chi connectivity index (χ1) is 5.07. The first-order valence-corrected chi connectivity index (χ1v) is 4.28. The van der Waals surface area contributed by atoms with E-state index in [4.69, 9.17) is 4.74 Å². The predicted octanol–water partition coefficient (Wildman–Crippen LogP) is 2.37. The molecule has 0 bridgehead atoms. The summed E-state index contributed by atoms with van der Waals surface area (Å²) < 4.78 is 5.03. The molecule has 0 radical (unpaired) electrons. The fourth-order valence-electron chi connectivity index (χ4n) is 0.899. The second-order valence-electron chi connectivity index (χ2n) is 3.18. The molecule has 0 saturated carbocycles. The van der Waals surface area contributed by atoms with Crippen LogP contribution in [0.25, 0.3) is 0 Å². The molecule has 0 aliphatic rings. The number of rotatable bonds is 4. The third-order valence-corrected chi connectivity index (χ3v) is 1.48. The Morgan fingerprint density at radius 3 is 2.27 bits per heavy atom. The van der Waals surface area contributed by atoms with Gasteiger partial charge in [0.05, 0.1) is 12.0 Å². The molecule has 0 aromatic heterocycles. The molecule has 0 saturated heterocycles. The number of carbonyl (C=O) groups excluding carboxylic acids is 1. The fraction of sp³-hybridized carbons (Fsp3) is 0.889. The molecule has 0 aromatic rings. The highest BCUT2D eigenvalue weighted by molar-refractivity contribution is 5.72. The van der Waals surface area contributed by atoms with Gasteiger partial charge in [0.2, 0.25) is 0 Å². The van der Waals surface area contributed by atoms with Crippen molar-refractivity contribution >= 4 is 5.97 Å². The number of ether oxygens (including phenoxy) is 1. The van der Waals surface area contributed by atoms with E-state index in [0.717, 1.165) is 12.8 Å². The highest BCUT2D eigenvalue weighted by Gasteiger charge is 2.13. The van der Waals surface area contributed by atoms with Gasteiger partial charge in [-0.2, -0.15) is 0 Å². The molecule has 0 amide bonds. The Balaban J connectivity index is 3.64. The van der Waals surface area contributed by atoms with Gasteiger partial charge in [0.15, 0.2) is 0 Å². The molecule has 0 aliphatic heterocycles. The average Bonchev–Trinajstić information content (AvgIpc) is 1.86. The fourth-order valence-corrected chi connectivity index (χ4v) is 0.899. The average molecular weight is 158 g/mol. The number of esters is 1. The van der Waals surface area contributed by atoms with Crippen LogP contribution in [0.1, 0.15) is 40.5 Å². The van der Waals surface area contributed by atoms with Crippen molar-refractivity contribution in [1.29, 1.82) is 0 Å². The summed E-state index contributed by atoms with van der Waals surface area (Å²) in [5.74, 6) is -0.00995. The Labute approximate surface area is 68.9 Å². The number of carbonyl (C=O) groups is 1. The van der Waals surface area contributed by atoms with Crippen LogP contribution in [0.5, 0.6) is 0 Å². The smallest absolute Gasteiger partial charge is 0.308 e. The van der Waals surface area contributed by atoms with Gasteiger partial charge in [0.25, 0.3) is 0 Å². The summed E-state index contributed by atoms with van der Waals surface area (Å²) >= 11 is 0. The van der Waals surface area contributed by atoms with Crippen molar-refractivity contribution in [2.75, 3.05) is 0 Å². The first-order valence-electron chi connectivity index (χ1n) is 4.28. The number of hydrogen-bond acceptors (Lipinski definition) is 2. The lowest BCUT2D eigenvalue weighted by molar-refractivity contribution is -0.152. The van der Waals surface area contributed by atoms with Crippen LogP contribution in [0.4, 0.5) is 0 Å². The van der Waals surface area contributed by atoms with Gasteiger partial charge in [-0.05, 0) is 20.3 Å². The van der Waals surface area contributed by atoms with Gasteiger partial charge in [-0.3, -0.25) is 4.79 Å². The van der Waals surface area contributed by atoms with E-state index in [1.54, 1.807) is 0 Å². The van der Waals surface area contributed by atoms with Gasteiger partial charge in [0.1, 0.15) is 0 Å². The van der Waals surface area contributed by atoms with Crippen LogP contribution in [-0.4, -0.2) is 12.1 Å². The summed E-state index contributed by atoms with van der Waals surface area (Å²) in [5.41, 5.74) is 0. The van der Waals surface area contributed by atoms with Crippen molar-refractivity contribution in [2.24, 2.45) is 5.92 Å². The van der Waals surface area contributed by atoms with E-state index in [9.17, 15) is 4.79 Å². The summed E-state index contributed by atoms with van der Waals surface area (Å²) in [6.45, 7) is 7.72. The molecule has 2 heteroatoms. The second-order valence-corrected chi connectivity index (χ2v) is 3.18. The summed E-state index contributed by atoms with van der Waals surface area (Å²) in [7, 11) is 0. The van der Waals surface area contributed by atoms with Crippen LogP contribution in [0.3, 0.4) is 0 Å². The van der Waals surface area contributed by atoms with E-state index in [1.807, 2.05) is 20.8 Å². The zero-order valence-corrected chi connectivity index (χ0v) is 7.89. The zero-order chi connectivity index (χ0) is 8.85. The van der Waals surface area contributed by atoms with Crippen molar-refractivity contribution in [1.82, 2.24) is 0 Å². The molecule has 1 atom stereocenters. The highest BCUT2D eigenvalue weighted by Crippen LogP contribution is 2.08. The van der Waals surface area contributed by atoms with E-state index >= 15 is 0 Å². The Bertz CT molecular complexity index is 119. The molecule has 0 aromatic carbocycles. The molecule has 0 rings (SSSR count). The molecular weight excluding hydrogens is 140 g/mol. The minimum atomic E-state index is -0.0677. The summed E-state index contributed by atoms with van der Waals surface area (Å²) in [6, 6.07) is 0. The Kier molecular flexibility index (Phi) is 4.92. The van der Waals surface area contributed by atoms with Gasteiger partial charge < -0.3 is 4.74 Å². The SMILES string of the molecule is CCCC(C)C(=O)OC(C)C. The maximum Gasteiger partial charge on any atom is 0.308 e. The van der Waals surface area contributed by atoms with E-state index in [2.05, 4.69) is 6.92 Å². The molecule has 11 heavy (non-hydrogen) atoms. The van der Waals surface area contributed by atoms with Crippen LogP contribution in [0, 0.1) is 5.92 Å². The van der Waals surface area contributed by atoms with Crippen molar-refractivity contribution in [2.45, 2.75) is 46.6 Å². The molecular formula is C9H18O2. The van der Waals surface area contributed by atoms with Crippen LogP contribution < -0.4 is 0 Å². The first kappa shape index (κ1) is 10.5. The minimum Gasteiger partial charge on any atom is -0.463 e. The summed E-state index contributed by atoms with van der Waals surface area (Å²) in [4.78, 5) is 11.1. The predicted molar refractivity (Wildman–Crippen MR) is 45.3 cm³/mol. The van der Waals surface area contributed by atoms with Crippen LogP contribution in [-0.2, 0) is 9.53 Å². The van der Waals surface area contributed by atoms with Crippen LogP contribution in [0.2, 0.25) is 0 Å². The Hall–Kier alpha value is -0.530. The normalized spacial score (nSPS) is 13.2. The summed E-state index contributed by atoms with van der Waals surface area (Å²) in [5, 5.41) is 0. The molecule has 0 fully saturated rings. The van der Waals surface area contributed by atoms with Crippen molar-refractivity contribution in [3.8, 4) is 0 Å². The zero-order valence-electron chi connectivity index (χ0n) is 7.89. The molecule has 0 heterocycles. The van der Waals surface area contributed by atoms with Crippen LogP contribution >= 0.6 is 0 Å². The molecule has 0 spiro atoms. The van der Waals surface area contributed by atoms with Gasteiger partial charge >= 0.3 is 5.97 Å². The maximum atomic E-state index is 11.1. The highest BCUT2D eigenvalue weighted by atomic mass is 16.5. The third-order valence-electron chi connectivity index (χ3n) is 1.48. The number of hydrogen-bond donors (Lipinski definition) is 0. The quantitative estimate of drug-likeness (QED) is 0.587. The lowest BCUT2D eigenvalue weighted by Crippen LogP contribution is -2.18. The topological polar surface area (TPSA) is 26.3 Å². The second kappa shape index (κ2) is 5.16. The van der Waals surface area contributed by atoms with Crippen LogP contribution in [0.15, 0.2) is 0 Å². The van der Waals surface area contributed by atoms with Crippen molar-refractivity contribution in [3.63, 3.8) is 0 Å². The van der Waals surface area contributed by atoms with Gasteiger partial charge in [-0.1, -0.05) is 20.3 Å². The standard InChI is InChI=1S/C9H18O2/c1-5-6-8(4)9(10)11-7(2)3/h7-8H,5-6H2,1-4H3. The van der Waals surface area contributed by atoms with E-state index < -0.39 is 0 Å². The van der Waals surface area contributed by atoms with Gasteiger partial charge in [0, 0.05) is 0 Å². The summed E-state index contributed by atoms with van der Waals surface area (Å²) in [6.07, 6.45) is 1.97. The minimum absolute atomic E-state index is 0.0156. The van der Waals surface area contributed by atoms with Gasteiger partial charge in [-0.25, -0.2) is 0 Å². The van der Waals surface area contributed by atoms with Gasteiger partial charge in [-0.15, -0.1) is 0 Å². The lowest BCUT2D eigenvalue weighted by atomic mass is 10.1. The van der Waals surface area contributed by atoms with Crippen molar-refractivity contribution < 1.29 is 9.53 Å². The van der Waals surface area contributed by atoms with Crippen molar-refractivity contribution in [3.05, 3.63) is 0 Å². The van der Waals surface area contributed by atoms with E-state index in [0.29, 0.717) is 0 Å². The Morgan fingerprint density at radius 2 is 1.91 bits per heavy atom. The third kappa shape index (κ3) is 4.82. The molecule has 0 aliphatic carbocycles. The largest absolute Gasteiger partial charge is 0.463 e. The monoisotopic (exact) mass is 158 g/mol. The Morgan fingerprint density at radius 1 is 1.36 bits per heavy atom. The molecule has 1 unspecified atom stereocenters. The maximum absolute atomic E-state index is 11.1. The van der Waals surface area contributed by atoms with E-state index in [1.165, 1.54) is 0 Å². The molecule has 0 N–H and O–H groups in total. The lowest BCUT2D eigenvalue weighted by Gasteiger charge is -2.12.